The van der Waals surface area contributed by atoms with Crippen LogP contribution < -0.4 is 5.32 Å². The van der Waals surface area contributed by atoms with Gasteiger partial charge < -0.3 is 5.32 Å². The van der Waals surface area contributed by atoms with Crippen molar-refractivity contribution in [2.45, 2.75) is 51.5 Å². The van der Waals surface area contributed by atoms with Crippen LogP contribution in [0.5, 0.6) is 0 Å². The molecule has 84 valence electrons. The second-order valence-corrected chi connectivity index (χ2v) is 5.51. The van der Waals surface area contributed by atoms with E-state index in [2.05, 4.69) is 29.5 Å². The number of nitrogens with zero attached hydrogens (tertiary/aromatic N) is 1. The molecule has 1 unspecified atom stereocenters. The van der Waals surface area contributed by atoms with Crippen molar-refractivity contribution in [1.29, 1.82) is 0 Å². The summed E-state index contributed by atoms with van der Waals surface area (Å²) in [4.78, 5) is 4.53. The molecule has 1 heterocycles. The Labute approximate surface area is 96.1 Å². The fraction of sp³-hybridized carbons (Fsp3) is 0.750. The first-order valence-electron chi connectivity index (χ1n) is 5.91. The number of thiazole rings is 1. The summed E-state index contributed by atoms with van der Waals surface area (Å²) in [7, 11) is 0. The van der Waals surface area contributed by atoms with Crippen molar-refractivity contribution in [1.82, 2.24) is 10.3 Å². The molecule has 0 bridgehead atoms. The molecule has 1 aromatic rings. The van der Waals surface area contributed by atoms with Gasteiger partial charge in [-0.1, -0.05) is 19.8 Å². The van der Waals surface area contributed by atoms with Gasteiger partial charge in [-0.25, -0.2) is 4.98 Å². The number of hydrogen-bond acceptors (Lipinski definition) is 3. The summed E-state index contributed by atoms with van der Waals surface area (Å²) in [6.45, 7) is 5.41. The molecular weight excluding hydrogens is 204 g/mol. The summed E-state index contributed by atoms with van der Waals surface area (Å²) in [5, 5.41) is 7.07. The molecular formula is C12H20N2S. The van der Waals surface area contributed by atoms with E-state index in [1.165, 1.54) is 30.7 Å². The lowest BCUT2D eigenvalue weighted by molar-refractivity contribution is 0.499. The highest BCUT2D eigenvalue weighted by atomic mass is 32.1. The van der Waals surface area contributed by atoms with Gasteiger partial charge in [0.1, 0.15) is 0 Å². The Morgan fingerprint density at radius 3 is 2.87 bits per heavy atom. The van der Waals surface area contributed by atoms with Crippen LogP contribution in [-0.4, -0.2) is 17.6 Å². The molecule has 1 aliphatic carbocycles. The molecule has 1 atom stereocenters. The number of aromatic nitrogens is 1. The summed E-state index contributed by atoms with van der Waals surface area (Å²) in [5.74, 6) is 0.560. The third-order valence-electron chi connectivity index (χ3n) is 3.13. The fourth-order valence-electron chi connectivity index (χ4n) is 2.16. The largest absolute Gasteiger partial charge is 0.313 e. The van der Waals surface area contributed by atoms with Crippen molar-refractivity contribution in [3.63, 3.8) is 0 Å². The molecule has 1 N–H and O–H groups in total. The maximum absolute atomic E-state index is 4.53. The Morgan fingerprint density at radius 2 is 2.27 bits per heavy atom. The Kier molecular flexibility index (Phi) is 3.76. The third-order valence-corrected chi connectivity index (χ3v) is 4.32. The summed E-state index contributed by atoms with van der Waals surface area (Å²) in [6, 6.07) is 0.772. The molecule has 1 saturated carbocycles. The van der Waals surface area contributed by atoms with Crippen molar-refractivity contribution in [2.75, 3.05) is 6.54 Å². The number of aryl methyl sites for hydroxylation is 1. The van der Waals surface area contributed by atoms with Crippen LogP contribution in [0.2, 0.25) is 0 Å². The van der Waals surface area contributed by atoms with Crippen LogP contribution in [-0.2, 0) is 0 Å². The number of hydrogen-bond donors (Lipinski definition) is 1. The first-order valence-corrected chi connectivity index (χ1v) is 6.79. The molecule has 0 aliphatic heterocycles. The fourth-order valence-corrected chi connectivity index (χ4v) is 3.02. The SMILES string of the molecule is Cc1csc(C(C)CNC2CCCC2)n1. The second-order valence-electron chi connectivity index (χ2n) is 4.62. The Morgan fingerprint density at radius 1 is 1.53 bits per heavy atom. The normalized spacial score (nSPS) is 19.6. The van der Waals surface area contributed by atoms with Gasteiger partial charge in [0.25, 0.3) is 0 Å². The van der Waals surface area contributed by atoms with Gasteiger partial charge in [0.2, 0.25) is 0 Å². The van der Waals surface area contributed by atoms with Crippen LogP contribution in [0, 0.1) is 6.92 Å². The second kappa shape index (κ2) is 5.08. The summed E-state index contributed by atoms with van der Waals surface area (Å²) < 4.78 is 0. The number of nitrogens with one attached hydrogen (secondary N) is 1. The molecule has 0 spiro atoms. The predicted molar refractivity (Wildman–Crippen MR) is 65.5 cm³/mol. The molecule has 0 amide bonds. The van der Waals surface area contributed by atoms with Gasteiger partial charge in [0, 0.05) is 29.6 Å². The van der Waals surface area contributed by atoms with E-state index >= 15 is 0 Å². The number of rotatable bonds is 4. The molecule has 1 fully saturated rings. The quantitative estimate of drug-likeness (QED) is 0.850. The maximum atomic E-state index is 4.53. The van der Waals surface area contributed by atoms with E-state index in [-0.39, 0.29) is 0 Å². The molecule has 1 aliphatic rings. The zero-order chi connectivity index (χ0) is 10.7. The predicted octanol–water partition coefficient (Wildman–Crippen LogP) is 3.09. The van der Waals surface area contributed by atoms with E-state index in [1.807, 2.05) is 0 Å². The van der Waals surface area contributed by atoms with Crippen molar-refractivity contribution < 1.29 is 0 Å². The molecule has 0 saturated heterocycles. The summed E-state index contributed by atoms with van der Waals surface area (Å²) >= 11 is 1.79. The first-order chi connectivity index (χ1) is 7.25. The molecule has 15 heavy (non-hydrogen) atoms. The van der Waals surface area contributed by atoms with Crippen LogP contribution in [0.15, 0.2) is 5.38 Å². The molecule has 2 rings (SSSR count). The monoisotopic (exact) mass is 224 g/mol. The third kappa shape index (κ3) is 3.02. The van der Waals surface area contributed by atoms with E-state index in [0.717, 1.165) is 18.3 Å². The molecule has 0 aromatic carbocycles. The Bertz CT molecular complexity index is 302. The molecule has 1 aromatic heterocycles. The molecule has 2 nitrogen and oxygen atoms in total. The van der Waals surface area contributed by atoms with Gasteiger partial charge in [0.05, 0.1) is 5.01 Å². The standard InChI is InChI=1S/C12H20N2S/c1-9(12-14-10(2)8-15-12)7-13-11-5-3-4-6-11/h8-9,11,13H,3-7H2,1-2H3. The minimum absolute atomic E-state index is 0.560. The van der Waals surface area contributed by atoms with E-state index in [4.69, 9.17) is 0 Å². The minimum atomic E-state index is 0.560. The highest BCUT2D eigenvalue weighted by Crippen LogP contribution is 2.21. The van der Waals surface area contributed by atoms with Gasteiger partial charge in [-0.05, 0) is 19.8 Å². The van der Waals surface area contributed by atoms with Crippen molar-refractivity contribution in [3.05, 3.63) is 16.1 Å². The lowest BCUT2D eigenvalue weighted by Crippen LogP contribution is -2.29. The van der Waals surface area contributed by atoms with Gasteiger partial charge in [-0.3, -0.25) is 0 Å². The van der Waals surface area contributed by atoms with Gasteiger partial charge in [-0.15, -0.1) is 11.3 Å². The summed E-state index contributed by atoms with van der Waals surface area (Å²) in [5.41, 5.74) is 1.16. The average molecular weight is 224 g/mol. The lowest BCUT2D eigenvalue weighted by Gasteiger charge is -2.15. The summed E-state index contributed by atoms with van der Waals surface area (Å²) in [6.07, 6.45) is 5.54. The Hall–Kier alpha value is -0.410. The van der Waals surface area contributed by atoms with Gasteiger partial charge in [-0.2, -0.15) is 0 Å². The van der Waals surface area contributed by atoms with Crippen molar-refractivity contribution in [3.8, 4) is 0 Å². The topological polar surface area (TPSA) is 24.9 Å². The zero-order valence-corrected chi connectivity index (χ0v) is 10.4. The highest BCUT2D eigenvalue weighted by molar-refractivity contribution is 7.09. The van der Waals surface area contributed by atoms with Crippen LogP contribution >= 0.6 is 11.3 Å². The lowest BCUT2D eigenvalue weighted by atomic mass is 10.1. The van der Waals surface area contributed by atoms with Crippen LogP contribution in [0.1, 0.15) is 49.2 Å². The zero-order valence-electron chi connectivity index (χ0n) is 9.62. The van der Waals surface area contributed by atoms with E-state index in [9.17, 15) is 0 Å². The van der Waals surface area contributed by atoms with E-state index in [0.29, 0.717) is 5.92 Å². The van der Waals surface area contributed by atoms with Crippen LogP contribution in [0.4, 0.5) is 0 Å². The van der Waals surface area contributed by atoms with Crippen LogP contribution in [0.25, 0.3) is 0 Å². The molecule has 3 heteroatoms. The smallest absolute Gasteiger partial charge is 0.0969 e. The van der Waals surface area contributed by atoms with E-state index < -0.39 is 0 Å². The van der Waals surface area contributed by atoms with Crippen molar-refractivity contribution in [2.24, 2.45) is 0 Å². The first kappa shape index (κ1) is 11.1. The van der Waals surface area contributed by atoms with Gasteiger partial charge in [0.15, 0.2) is 0 Å². The van der Waals surface area contributed by atoms with E-state index in [1.54, 1.807) is 11.3 Å². The average Bonchev–Trinajstić information content (AvgIpc) is 2.84. The van der Waals surface area contributed by atoms with Gasteiger partial charge >= 0.3 is 0 Å². The minimum Gasteiger partial charge on any atom is -0.313 e. The highest BCUT2D eigenvalue weighted by Gasteiger charge is 2.16. The maximum Gasteiger partial charge on any atom is 0.0969 e. The molecule has 0 radical (unpaired) electrons. The Balaban J connectivity index is 1.79. The van der Waals surface area contributed by atoms with Crippen LogP contribution in [0.3, 0.4) is 0 Å². The van der Waals surface area contributed by atoms with Crippen molar-refractivity contribution >= 4 is 11.3 Å².